The van der Waals surface area contributed by atoms with Gasteiger partial charge in [-0.25, -0.2) is 0 Å². The molecule has 2 rings (SSSR count). The first-order valence-corrected chi connectivity index (χ1v) is 9.84. The van der Waals surface area contributed by atoms with Crippen LogP contribution in [0.5, 0.6) is 11.5 Å². The lowest BCUT2D eigenvalue weighted by molar-refractivity contribution is 0.274. The minimum Gasteiger partial charge on any atom is -0.485 e. The van der Waals surface area contributed by atoms with Crippen molar-refractivity contribution in [1.82, 2.24) is 4.57 Å². The summed E-state index contributed by atoms with van der Waals surface area (Å²) in [6, 6.07) is 5.59. The zero-order chi connectivity index (χ0) is 19.8. The predicted molar refractivity (Wildman–Crippen MR) is 113 cm³/mol. The number of rotatable bonds is 10. The van der Waals surface area contributed by atoms with Crippen LogP contribution in [0.15, 0.2) is 34.6 Å². The topological polar surface area (TPSA) is 66.5 Å². The molecule has 0 atom stereocenters. The third kappa shape index (κ3) is 5.28. The summed E-state index contributed by atoms with van der Waals surface area (Å²) in [7, 11) is 0. The van der Waals surface area contributed by atoms with Gasteiger partial charge in [0.05, 0.1) is 12.1 Å². The molecule has 0 spiro atoms. The minimum atomic E-state index is -0.148. The van der Waals surface area contributed by atoms with Crippen LogP contribution in [0.1, 0.15) is 53.4 Å². The normalized spacial score (nSPS) is 10.8. The highest BCUT2D eigenvalue weighted by molar-refractivity contribution is 5.90. The van der Waals surface area contributed by atoms with Gasteiger partial charge in [0, 0.05) is 17.6 Å². The van der Waals surface area contributed by atoms with Gasteiger partial charge in [-0.05, 0) is 51.0 Å². The molecule has 5 nitrogen and oxygen atoms in total. The first kappa shape index (κ1) is 20.9. The smallest absolute Gasteiger partial charge is 0.297 e. The molecule has 27 heavy (non-hydrogen) atoms. The van der Waals surface area contributed by atoms with E-state index in [2.05, 4.69) is 13.8 Å². The summed E-state index contributed by atoms with van der Waals surface area (Å²) in [5, 5.41) is 0.855. The molecule has 0 fully saturated rings. The molecule has 0 saturated heterocycles. The number of fused-ring (bicyclic) bond motifs is 1. The third-order valence-electron chi connectivity index (χ3n) is 4.40. The lowest BCUT2D eigenvalue weighted by atomic mass is 10.1. The number of aromatic nitrogens is 1. The van der Waals surface area contributed by atoms with Crippen molar-refractivity contribution in [3.8, 4) is 11.5 Å². The van der Waals surface area contributed by atoms with Gasteiger partial charge in [-0.15, -0.1) is 0 Å². The van der Waals surface area contributed by atoms with Gasteiger partial charge in [0.1, 0.15) is 6.61 Å². The van der Waals surface area contributed by atoms with Gasteiger partial charge >= 0.3 is 0 Å². The van der Waals surface area contributed by atoms with Gasteiger partial charge in [0.15, 0.2) is 5.75 Å². The van der Waals surface area contributed by atoms with Crippen molar-refractivity contribution in [2.24, 2.45) is 0 Å². The lowest BCUT2D eigenvalue weighted by Gasteiger charge is -2.18. The molecule has 0 bridgehead atoms. The Morgan fingerprint density at radius 2 is 1.85 bits per heavy atom. The molecule has 0 saturated carbocycles. The number of pyridine rings is 1. The van der Waals surface area contributed by atoms with Crippen molar-refractivity contribution in [2.75, 3.05) is 18.9 Å². The highest BCUT2D eigenvalue weighted by Gasteiger charge is 2.19. The van der Waals surface area contributed by atoms with Crippen LogP contribution in [0.3, 0.4) is 0 Å². The van der Waals surface area contributed by atoms with E-state index >= 15 is 0 Å². The Hall–Kier alpha value is -2.43. The highest BCUT2D eigenvalue weighted by Crippen LogP contribution is 2.34. The molecule has 0 radical (unpaired) electrons. The van der Waals surface area contributed by atoms with Crippen LogP contribution >= 0.6 is 0 Å². The molecular formula is C22H32N2O3. The second-order valence-electron chi connectivity index (χ2n) is 7.04. The Balaban J connectivity index is 2.63. The standard InChI is InChI=1S/C22H32N2O3/c1-5-7-12-24-19-15-17(23)9-10-18(19)20(27-14-11-16(3)4)21(22(24)25)26-13-8-6-2/h9-11,15H,5-8,12-14,23H2,1-4H3. The molecule has 2 aromatic rings. The molecule has 148 valence electrons. The Kier molecular flexibility index (Phi) is 7.77. The molecule has 1 aromatic heterocycles. The number of aryl methyl sites for hydroxylation is 1. The number of benzene rings is 1. The third-order valence-corrected chi connectivity index (χ3v) is 4.40. The van der Waals surface area contributed by atoms with Gasteiger partial charge in [-0.2, -0.15) is 0 Å². The first-order valence-electron chi connectivity index (χ1n) is 9.84. The van der Waals surface area contributed by atoms with Crippen molar-refractivity contribution in [2.45, 2.75) is 59.9 Å². The Labute approximate surface area is 161 Å². The number of allylic oxidation sites excluding steroid dienone is 1. The second-order valence-corrected chi connectivity index (χ2v) is 7.04. The van der Waals surface area contributed by atoms with E-state index in [9.17, 15) is 4.79 Å². The molecule has 1 aromatic carbocycles. The van der Waals surface area contributed by atoms with Crippen LogP contribution in [0.2, 0.25) is 0 Å². The average molecular weight is 373 g/mol. The number of nitrogen functional groups attached to an aromatic ring is 1. The van der Waals surface area contributed by atoms with E-state index in [0.717, 1.165) is 42.2 Å². The van der Waals surface area contributed by atoms with E-state index in [1.54, 1.807) is 4.57 Å². The van der Waals surface area contributed by atoms with Crippen LogP contribution in [-0.2, 0) is 6.54 Å². The number of nitrogens with two attached hydrogens (primary N) is 1. The predicted octanol–water partition coefficient (Wildman–Crippen LogP) is 4.91. The van der Waals surface area contributed by atoms with Crippen molar-refractivity contribution < 1.29 is 9.47 Å². The second kappa shape index (κ2) is 10.0. The van der Waals surface area contributed by atoms with Crippen molar-refractivity contribution >= 4 is 16.6 Å². The van der Waals surface area contributed by atoms with Crippen LogP contribution < -0.4 is 20.8 Å². The largest absolute Gasteiger partial charge is 0.485 e. The quantitative estimate of drug-likeness (QED) is 0.366. The summed E-state index contributed by atoms with van der Waals surface area (Å²) in [6.07, 6.45) is 5.79. The summed E-state index contributed by atoms with van der Waals surface area (Å²) in [5.74, 6) is 0.815. The van der Waals surface area contributed by atoms with Gasteiger partial charge in [0.2, 0.25) is 5.75 Å². The van der Waals surface area contributed by atoms with Crippen LogP contribution in [0.4, 0.5) is 5.69 Å². The summed E-state index contributed by atoms with van der Waals surface area (Å²) in [5.41, 5.74) is 8.43. The maximum absolute atomic E-state index is 13.2. The van der Waals surface area contributed by atoms with Crippen molar-refractivity contribution in [3.63, 3.8) is 0 Å². The zero-order valence-electron chi connectivity index (χ0n) is 17.0. The van der Waals surface area contributed by atoms with E-state index in [1.807, 2.05) is 38.1 Å². The number of unbranched alkanes of at least 4 members (excludes halogenated alkanes) is 2. The fourth-order valence-electron chi connectivity index (χ4n) is 2.83. The summed E-state index contributed by atoms with van der Waals surface area (Å²) < 4.78 is 13.7. The average Bonchev–Trinajstić information content (AvgIpc) is 2.63. The van der Waals surface area contributed by atoms with Gasteiger partial charge in [0.25, 0.3) is 5.56 Å². The van der Waals surface area contributed by atoms with E-state index in [-0.39, 0.29) is 5.56 Å². The first-order chi connectivity index (χ1) is 13.0. The molecule has 0 aliphatic carbocycles. The Morgan fingerprint density at radius 3 is 2.52 bits per heavy atom. The fraction of sp³-hybridized carbons (Fsp3) is 0.500. The monoisotopic (exact) mass is 372 g/mol. The summed E-state index contributed by atoms with van der Waals surface area (Å²) >= 11 is 0. The maximum Gasteiger partial charge on any atom is 0.297 e. The highest BCUT2D eigenvalue weighted by atomic mass is 16.5. The molecule has 0 aliphatic heterocycles. The Bertz CT molecular complexity index is 849. The van der Waals surface area contributed by atoms with Crippen LogP contribution in [0.25, 0.3) is 10.9 Å². The fourth-order valence-corrected chi connectivity index (χ4v) is 2.83. The number of ether oxygens (including phenoxy) is 2. The van der Waals surface area contributed by atoms with Gasteiger partial charge in [-0.1, -0.05) is 32.3 Å². The molecule has 0 aliphatic rings. The van der Waals surface area contributed by atoms with E-state index in [0.29, 0.717) is 36.9 Å². The number of hydrogen-bond donors (Lipinski definition) is 1. The van der Waals surface area contributed by atoms with Gasteiger partial charge < -0.3 is 19.8 Å². The summed E-state index contributed by atoms with van der Waals surface area (Å²) in [4.78, 5) is 13.2. The van der Waals surface area contributed by atoms with Crippen LogP contribution in [0, 0.1) is 0 Å². The molecule has 1 heterocycles. The minimum absolute atomic E-state index is 0.148. The van der Waals surface area contributed by atoms with E-state index in [1.165, 1.54) is 0 Å². The lowest BCUT2D eigenvalue weighted by Crippen LogP contribution is -2.24. The Morgan fingerprint density at radius 1 is 1.11 bits per heavy atom. The molecule has 2 N–H and O–H groups in total. The zero-order valence-corrected chi connectivity index (χ0v) is 17.0. The maximum atomic E-state index is 13.2. The number of nitrogens with zero attached hydrogens (tertiary/aromatic N) is 1. The van der Waals surface area contributed by atoms with Crippen molar-refractivity contribution in [3.05, 3.63) is 40.2 Å². The summed E-state index contributed by atoms with van der Waals surface area (Å²) in [6.45, 7) is 9.76. The number of hydrogen-bond acceptors (Lipinski definition) is 4. The SMILES string of the molecule is CCCCOc1c(OCC=C(C)C)c2ccc(N)cc2n(CCCC)c1=O. The van der Waals surface area contributed by atoms with Crippen molar-refractivity contribution in [1.29, 1.82) is 0 Å². The molecule has 0 unspecified atom stereocenters. The molecular weight excluding hydrogens is 340 g/mol. The molecule has 0 amide bonds. The molecule has 5 heteroatoms. The van der Waals surface area contributed by atoms with Crippen LogP contribution in [-0.4, -0.2) is 17.8 Å². The van der Waals surface area contributed by atoms with Gasteiger partial charge in [-0.3, -0.25) is 4.79 Å². The van der Waals surface area contributed by atoms with E-state index in [4.69, 9.17) is 15.2 Å². The number of anilines is 1. The van der Waals surface area contributed by atoms with E-state index < -0.39 is 0 Å².